The molecule has 1 fully saturated rings. The molecule has 4 nitrogen and oxygen atoms in total. The fourth-order valence-electron chi connectivity index (χ4n) is 1.74. The molecule has 0 atom stereocenters. The number of likely N-dealkylation sites (tertiary alicyclic amines) is 1. The first-order chi connectivity index (χ1) is 6.74. The lowest BCUT2D eigenvalue weighted by molar-refractivity contribution is -0.131. The minimum absolute atomic E-state index is 0.266. The predicted octanol–water partition coefficient (Wildman–Crippen LogP) is -0.111. The maximum Gasteiger partial charge on any atom is 0.236 e. The highest BCUT2D eigenvalue weighted by Crippen LogP contribution is 2.07. The number of likely N-dealkylation sites (N-methyl/N-ethyl adjacent to an activating group) is 1. The normalized spacial score (nSPS) is 16.6. The van der Waals surface area contributed by atoms with Gasteiger partial charge in [-0.25, -0.2) is 0 Å². The summed E-state index contributed by atoms with van der Waals surface area (Å²) in [6, 6.07) is 0. The van der Waals surface area contributed by atoms with Crippen molar-refractivity contribution in [1.82, 2.24) is 9.80 Å². The SMILES string of the molecule is CN(CCCN)CC(=O)N1CCCC1. The molecule has 0 spiro atoms. The predicted molar refractivity (Wildman–Crippen MR) is 57.0 cm³/mol. The first-order valence-corrected chi connectivity index (χ1v) is 5.40. The lowest BCUT2D eigenvalue weighted by Crippen LogP contribution is -2.37. The molecular weight excluding hydrogens is 178 g/mol. The molecule has 82 valence electrons. The molecule has 2 N–H and O–H groups in total. The monoisotopic (exact) mass is 199 g/mol. The van der Waals surface area contributed by atoms with E-state index in [1.165, 1.54) is 0 Å². The second-order valence-electron chi connectivity index (χ2n) is 3.97. The van der Waals surface area contributed by atoms with Gasteiger partial charge in [0.2, 0.25) is 5.91 Å². The average molecular weight is 199 g/mol. The number of hydrogen-bond donors (Lipinski definition) is 1. The van der Waals surface area contributed by atoms with Gasteiger partial charge in [-0.3, -0.25) is 9.69 Å². The van der Waals surface area contributed by atoms with Gasteiger partial charge < -0.3 is 10.6 Å². The zero-order valence-electron chi connectivity index (χ0n) is 9.04. The molecule has 0 aromatic carbocycles. The van der Waals surface area contributed by atoms with E-state index < -0.39 is 0 Å². The first-order valence-electron chi connectivity index (χ1n) is 5.40. The largest absolute Gasteiger partial charge is 0.342 e. The maximum atomic E-state index is 11.7. The Morgan fingerprint density at radius 3 is 2.64 bits per heavy atom. The summed E-state index contributed by atoms with van der Waals surface area (Å²) in [6.45, 7) is 4.05. The van der Waals surface area contributed by atoms with Gasteiger partial charge in [-0.05, 0) is 39.4 Å². The third-order valence-corrected chi connectivity index (χ3v) is 2.61. The van der Waals surface area contributed by atoms with Crippen molar-refractivity contribution >= 4 is 5.91 Å². The highest BCUT2D eigenvalue weighted by molar-refractivity contribution is 5.78. The van der Waals surface area contributed by atoms with Crippen molar-refractivity contribution < 1.29 is 4.79 Å². The molecule has 0 bridgehead atoms. The molecule has 0 aromatic rings. The molecule has 0 aliphatic carbocycles. The van der Waals surface area contributed by atoms with Crippen molar-refractivity contribution in [2.75, 3.05) is 39.8 Å². The van der Waals surface area contributed by atoms with E-state index in [1.54, 1.807) is 0 Å². The van der Waals surface area contributed by atoms with E-state index in [0.29, 0.717) is 13.1 Å². The van der Waals surface area contributed by atoms with E-state index in [2.05, 4.69) is 0 Å². The van der Waals surface area contributed by atoms with Crippen molar-refractivity contribution in [2.45, 2.75) is 19.3 Å². The van der Waals surface area contributed by atoms with E-state index in [0.717, 1.165) is 38.9 Å². The molecule has 1 rings (SSSR count). The molecule has 0 saturated carbocycles. The van der Waals surface area contributed by atoms with Gasteiger partial charge >= 0.3 is 0 Å². The zero-order valence-corrected chi connectivity index (χ0v) is 9.04. The molecule has 0 aromatic heterocycles. The summed E-state index contributed by atoms with van der Waals surface area (Å²) in [6.07, 6.45) is 3.29. The van der Waals surface area contributed by atoms with E-state index in [4.69, 9.17) is 5.73 Å². The Morgan fingerprint density at radius 1 is 1.43 bits per heavy atom. The van der Waals surface area contributed by atoms with Gasteiger partial charge in [0.15, 0.2) is 0 Å². The van der Waals surface area contributed by atoms with E-state index >= 15 is 0 Å². The third-order valence-electron chi connectivity index (χ3n) is 2.61. The van der Waals surface area contributed by atoms with Crippen molar-refractivity contribution in [3.8, 4) is 0 Å². The van der Waals surface area contributed by atoms with E-state index in [1.807, 2.05) is 16.8 Å². The molecule has 1 saturated heterocycles. The van der Waals surface area contributed by atoms with Gasteiger partial charge in [0, 0.05) is 13.1 Å². The number of amides is 1. The Balaban J connectivity index is 2.18. The van der Waals surface area contributed by atoms with Crippen LogP contribution in [0.15, 0.2) is 0 Å². The van der Waals surface area contributed by atoms with Crippen LogP contribution in [0.1, 0.15) is 19.3 Å². The Morgan fingerprint density at radius 2 is 2.07 bits per heavy atom. The molecule has 1 aliphatic rings. The summed E-state index contributed by atoms with van der Waals surface area (Å²) in [5.74, 6) is 0.266. The molecule has 0 unspecified atom stereocenters. The maximum absolute atomic E-state index is 11.7. The van der Waals surface area contributed by atoms with E-state index in [-0.39, 0.29) is 5.91 Å². The second-order valence-corrected chi connectivity index (χ2v) is 3.97. The molecule has 14 heavy (non-hydrogen) atoms. The summed E-state index contributed by atoms with van der Waals surface area (Å²) in [7, 11) is 1.98. The number of carbonyl (C=O) groups is 1. The lowest BCUT2D eigenvalue weighted by Gasteiger charge is -2.20. The van der Waals surface area contributed by atoms with Crippen molar-refractivity contribution in [2.24, 2.45) is 5.73 Å². The van der Waals surface area contributed by atoms with Gasteiger partial charge in [0.25, 0.3) is 0 Å². The fourth-order valence-corrected chi connectivity index (χ4v) is 1.74. The third kappa shape index (κ3) is 3.64. The van der Waals surface area contributed by atoms with Crippen LogP contribution in [0.25, 0.3) is 0 Å². The average Bonchev–Trinajstić information content (AvgIpc) is 2.67. The smallest absolute Gasteiger partial charge is 0.236 e. The van der Waals surface area contributed by atoms with Gasteiger partial charge in [-0.1, -0.05) is 0 Å². The van der Waals surface area contributed by atoms with Crippen LogP contribution in [0.2, 0.25) is 0 Å². The molecule has 4 heteroatoms. The highest BCUT2D eigenvalue weighted by Gasteiger charge is 2.18. The Hall–Kier alpha value is -0.610. The minimum Gasteiger partial charge on any atom is -0.342 e. The van der Waals surface area contributed by atoms with Crippen molar-refractivity contribution in [3.05, 3.63) is 0 Å². The molecule has 0 radical (unpaired) electrons. The molecule has 1 aliphatic heterocycles. The van der Waals surface area contributed by atoms with Crippen LogP contribution in [0, 0.1) is 0 Å². The lowest BCUT2D eigenvalue weighted by atomic mass is 10.4. The summed E-state index contributed by atoms with van der Waals surface area (Å²) >= 11 is 0. The van der Waals surface area contributed by atoms with Gasteiger partial charge in [0.05, 0.1) is 6.54 Å². The van der Waals surface area contributed by atoms with Crippen LogP contribution in [0.3, 0.4) is 0 Å². The van der Waals surface area contributed by atoms with Crippen LogP contribution in [0.4, 0.5) is 0 Å². The summed E-state index contributed by atoms with van der Waals surface area (Å²) < 4.78 is 0. The van der Waals surface area contributed by atoms with Gasteiger partial charge in [-0.15, -0.1) is 0 Å². The van der Waals surface area contributed by atoms with Crippen LogP contribution in [0.5, 0.6) is 0 Å². The fraction of sp³-hybridized carbons (Fsp3) is 0.900. The summed E-state index contributed by atoms with van der Waals surface area (Å²) in [5.41, 5.74) is 5.41. The van der Waals surface area contributed by atoms with Crippen molar-refractivity contribution in [1.29, 1.82) is 0 Å². The van der Waals surface area contributed by atoms with Gasteiger partial charge in [0.1, 0.15) is 0 Å². The van der Waals surface area contributed by atoms with Crippen LogP contribution in [-0.2, 0) is 4.79 Å². The number of rotatable bonds is 5. The van der Waals surface area contributed by atoms with Crippen LogP contribution in [-0.4, -0.2) is 55.5 Å². The second kappa shape index (κ2) is 5.98. The standard InChI is InChI=1S/C10H21N3O/c1-12(6-4-5-11)9-10(14)13-7-2-3-8-13/h2-9,11H2,1H3. The molecule has 1 amide bonds. The quantitative estimate of drug-likeness (QED) is 0.672. The molecule has 1 heterocycles. The zero-order chi connectivity index (χ0) is 10.4. The topological polar surface area (TPSA) is 49.6 Å². The van der Waals surface area contributed by atoms with Crippen LogP contribution >= 0.6 is 0 Å². The summed E-state index contributed by atoms with van der Waals surface area (Å²) in [5, 5.41) is 0. The van der Waals surface area contributed by atoms with Crippen molar-refractivity contribution in [3.63, 3.8) is 0 Å². The van der Waals surface area contributed by atoms with E-state index in [9.17, 15) is 4.79 Å². The number of nitrogens with zero attached hydrogens (tertiary/aromatic N) is 2. The first kappa shape index (κ1) is 11.5. The Labute approximate surface area is 86.0 Å². The Bertz CT molecular complexity index is 178. The number of nitrogens with two attached hydrogens (primary N) is 1. The minimum atomic E-state index is 0.266. The summed E-state index contributed by atoms with van der Waals surface area (Å²) in [4.78, 5) is 15.7. The highest BCUT2D eigenvalue weighted by atomic mass is 16.2. The number of carbonyl (C=O) groups excluding carboxylic acids is 1. The number of hydrogen-bond acceptors (Lipinski definition) is 3. The van der Waals surface area contributed by atoms with Gasteiger partial charge in [-0.2, -0.15) is 0 Å². The molecular formula is C10H21N3O. The van der Waals surface area contributed by atoms with Crippen LogP contribution < -0.4 is 5.73 Å². The Kier molecular flexibility index (Phi) is 4.90.